The van der Waals surface area contributed by atoms with Crippen molar-refractivity contribution in [2.75, 3.05) is 0 Å². The van der Waals surface area contributed by atoms with Crippen LogP contribution in [0.15, 0.2) is 11.6 Å². The molecule has 0 aromatic heterocycles. The van der Waals surface area contributed by atoms with Gasteiger partial charge in [-0.1, -0.05) is 47.1 Å². The third kappa shape index (κ3) is 2.59. The first kappa shape index (κ1) is 23.1. The molecule has 3 nitrogen and oxygen atoms in total. The van der Waals surface area contributed by atoms with Gasteiger partial charge in [-0.25, -0.2) is 0 Å². The summed E-state index contributed by atoms with van der Waals surface area (Å²) in [6.07, 6.45) is 10.5. The average Bonchev–Trinajstić information content (AvgIpc) is 2.70. The minimum Gasteiger partial charge on any atom is -0.391 e. The fourth-order valence-corrected chi connectivity index (χ4v) is 10.4. The van der Waals surface area contributed by atoms with Crippen molar-refractivity contribution in [3.8, 4) is 0 Å². The van der Waals surface area contributed by atoms with Crippen LogP contribution in [-0.2, 0) is 4.79 Å². The standard InChI is InChI=1S/C29H47NO2/c1-17-8-11-25(3)14-15-27(5)19(23(25)18(17)2)16-20(31)24-26(4)12-10-22(32)29(7,30)21(26)9-13-28(24,27)6/h16-18,21-24,32H,8-15,30H2,1-7H3/t17-,18+,21-,22-,23+,24-,25-,26+,27-,28-,29-/m1/s1. The van der Waals surface area contributed by atoms with E-state index in [4.69, 9.17) is 5.73 Å². The Bertz CT molecular complexity index is 861. The van der Waals surface area contributed by atoms with E-state index in [-0.39, 0.29) is 28.1 Å². The van der Waals surface area contributed by atoms with Crippen molar-refractivity contribution in [3.05, 3.63) is 11.6 Å². The number of allylic oxidation sites excluding steroid dienone is 2. The second-order valence-electron chi connectivity index (χ2n) is 14.2. The van der Waals surface area contributed by atoms with E-state index in [0.29, 0.717) is 29.5 Å². The SMILES string of the molecule is C[C@H]1[C@H](C)CC[C@]2(C)CC[C@]3(C)C(=CC(=O)[C@@H]4[C@@]5(C)CC[C@@H](O)[C@](C)(N)[C@@H]5CC[C@]43C)[C@H]12. The second kappa shape index (κ2) is 6.72. The Balaban J connectivity index is 1.64. The van der Waals surface area contributed by atoms with Gasteiger partial charge in [-0.05, 0) is 110 Å². The summed E-state index contributed by atoms with van der Waals surface area (Å²) in [5, 5.41) is 10.7. The molecule has 180 valence electrons. The molecule has 0 bridgehead atoms. The van der Waals surface area contributed by atoms with Gasteiger partial charge in [0.2, 0.25) is 0 Å². The molecule has 0 aromatic carbocycles. The molecule has 0 aromatic rings. The highest BCUT2D eigenvalue weighted by Gasteiger charge is 2.70. The first-order valence-electron chi connectivity index (χ1n) is 13.5. The molecule has 32 heavy (non-hydrogen) atoms. The van der Waals surface area contributed by atoms with Gasteiger partial charge in [-0.2, -0.15) is 0 Å². The van der Waals surface area contributed by atoms with Crippen LogP contribution < -0.4 is 5.73 Å². The van der Waals surface area contributed by atoms with Crippen LogP contribution in [0.3, 0.4) is 0 Å². The van der Waals surface area contributed by atoms with Crippen LogP contribution in [0, 0.1) is 51.2 Å². The predicted octanol–water partition coefficient (Wildman–Crippen LogP) is 5.90. The molecule has 3 N–H and O–H groups in total. The number of fused-ring (bicyclic) bond motifs is 7. The van der Waals surface area contributed by atoms with Crippen molar-refractivity contribution >= 4 is 5.78 Å². The van der Waals surface area contributed by atoms with Crippen molar-refractivity contribution in [2.45, 2.75) is 111 Å². The number of aliphatic hydroxyl groups excluding tert-OH is 1. The van der Waals surface area contributed by atoms with Gasteiger partial charge in [0.1, 0.15) is 0 Å². The lowest BCUT2D eigenvalue weighted by molar-refractivity contribution is -0.189. The average molecular weight is 442 g/mol. The monoisotopic (exact) mass is 441 g/mol. The van der Waals surface area contributed by atoms with Crippen molar-refractivity contribution < 1.29 is 9.90 Å². The van der Waals surface area contributed by atoms with Crippen molar-refractivity contribution in [1.82, 2.24) is 0 Å². The van der Waals surface area contributed by atoms with Gasteiger partial charge in [0.15, 0.2) is 5.78 Å². The zero-order chi connectivity index (χ0) is 23.5. The molecule has 5 rings (SSSR count). The molecule has 0 heterocycles. The lowest BCUT2D eigenvalue weighted by atomic mass is 9.33. The Morgan fingerprint density at radius 2 is 1.62 bits per heavy atom. The number of carbonyl (C=O) groups is 1. The maximum absolute atomic E-state index is 14.2. The Kier molecular flexibility index (Phi) is 4.85. The Morgan fingerprint density at radius 3 is 2.31 bits per heavy atom. The van der Waals surface area contributed by atoms with Crippen LogP contribution in [0.25, 0.3) is 0 Å². The molecule has 5 aliphatic carbocycles. The van der Waals surface area contributed by atoms with Crippen LogP contribution in [0.4, 0.5) is 0 Å². The summed E-state index contributed by atoms with van der Waals surface area (Å²) in [5.41, 5.74) is 7.94. The van der Waals surface area contributed by atoms with E-state index in [1.54, 1.807) is 0 Å². The largest absolute Gasteiger partial charge is 0.391 e. The minimum atomic E-state index is -0.613. The third-order valence-corrected chi connectivity index (χ3v) is 12.8. The fourth-order valence-electron chi connectivity index (χ4n) is 10.4. The number of ketones is 1. The van der Waals surface area contributed by atoms with E-state index < -0.39 is 11.6 Å². The van der Waals surface area contributed by atoms with E-state index in [0.717, 1.165) is 25.2 Å². The topological polar surface area (TPSA) is 63.3 Å². The van der Waals surface area contributed by atoms with Gasteiger partial charge in [-0.15, -0.1) is 0 Å². The van der Waals surface area contributed by atoms with Crippen molar-refractivity contribution in [2.24, 2.45) is 57.0 Å². The van der Waals surface area contributed by atoms with Crippen molar-refractivity contribution in [3.63, 3.8) is 0 Å². The van der Waals surface area contributed by atoms with Gasteiger partial charge in [0, 0.05) is 11.5 Å². The molecule has 0 aliphatic heterocycles. The van der Waals surface area contributed by atoms with Gasteiger partial charge < -0.3 is 10.8 Å². The van der Waals surface area contributed by atoms with E-state index in [1.165, 1.54) is 31.3 Å². The van der Waals surface area contributed by atoms with E-state index in [2.05, 4.69) is 47.6 Å². The molecular formula is C29H47NO2. The van der Waals surface area contributed by atoms with Crippen LogP contribution >= 0.6 is 0 Å². The summed E-state index contributed by atoms with van der Waals surface area (Å²) in [5.74, 6) is 2.47. The molecule has 4 saturated carbocycles. The van der Waals surface area contributed by atoms with E-state index in [1.807, 2.05) is 6.92 Å². The van der Waals surface area contributed by atoms with Gasteiger partial charge in [0.25, 0.3) is 0 Å². The van der Waals surface area contributed by atoms with E-state index >= 15 is 0 Å². The zero-order valence-electron chi connectivity index (χ0n) is 21.6. The highest BCUT2D eigenvalue weighted by atomic mass is 16.3. The molecule has 3 heteroatoms. The Hall–Kier alpha value is -0.670. The smallest absolute Gasteiger partial charge is 0.159 e. The Labute approximate surface area is 196 Å². The molecule has 0 radical (unpaired) electrons. The number of hydrogen-bond acceptors (Lipinski definition) is 3. The maximum Gasteiger partial charge on any atom is 0.159 e. The first-order chi connectivity index (χ1) is 14.7. The molecule has 11 atom stereocenters. The van der Waals surface area contributed by atoms with Gasteiger partial charge >= 0.3 is 0 Å². The highest BCUT2D eigenvalue weighted by Crippen LogP contribution is 2.74. The first-order valence-corrected chi connectivity index (χ1v) is 13.5. The molecule has 0 unspecified atom stereocenters. The van der Waals surface area contributed by atoms with Crippen LogP contribution in [0.1, 0.15) is 99.8 Å². The van der Waals surface area contributed by atoms with Crippen LogP contribution in [0.5, 0.6) is 0 Å². The summed E-state index contributed by atoms with van der Waals surface area (Å²) in [7, 11) is 0. The summed E-state index contributed by atoms with van der Waals surface area (Å²) < 4.78 is 0. The van der Waals surface area contributed by atoms with E-state index in [9.17, 15) is 9.90 Å². The zero-order valence-corrected chi connectivity index (χ0v) is 21.6. The third-order valence-electron chi connectivity index (χ3n) is 12.8. The molecule has 0 saturated heterocycles. The van der Waals surface area contributed by atoms with Gasteiger partial charge in [-0.3, -0.25) is 4.79 Å². The number of rotatable bonds is 0. The van der Waals surface area contributed by atoms with Gasteiger partial charge in [0.05, 0.1) is 6.10 Å². The summed E-state index contributed by atoms with van der Waals surface area (Å²) in [6, 6.07) is 0. The second-order valence-corrected chi connectivity index (χ2v) is 14.2. The summed E-state index contributed by atoms with van der Waals surface area (Å²) >= 11 is 0. The number of hydrogen-bond donors (Lipinski definition) is 2. The highest BCUT2D eigenvalue weighted by molar-refractivity contribution is 5.95. The predicted molar refractivity (Wildman–Crippen MR) is 130 cm³/mol. The number of carbonyl (C=O) groups excluding carboxylic acids is 1. The molecular weight excluding hydrogens is 394 g/mol. The quantitative estimate of drug-likeness (QED) is 0.492. The fraction of sp³-hybridized carbons (Fsp3) is 0.897. The molecule has 4 fully saturated rings. The maximum atomic E-state index is 14.2. The lowest BCUT2D eigenvalue weighted by Gasteiger charge is -2.70. The molecule has 5 aliphatic rings. The minimum absolute atomic E-state index is 0.0125. The summed E-state index contributed by atoms with van der Waals surface area (Å²) in [6.45, 7) is 16.8. The molecule has 0 spiro atoms. The van der Waals surface area contributed by atoms with Crippen LogP contribution in [0.2, 0.25) is 0 Å². The molecule has 0 amide bonds. The Morgan fingerprint density at radius 1 is 0.938 bits per heavy atom. The van der Waals surface area contributed by atoms with Crippen LogP contribution in [-0.4, -0.2) is 22.5 Å². The lowest BCUT2D eigenvalue weighted by Crippen LogP contribution is -2.70. The normalized spacial score (nSPS) is 59.9. The van der Waals surface area contributed by atoms with Crippen molar-refractivity contribution in [1.29, 1.82) is 0 Å². The summed E-state index contributed by atoms with van der Waals surface area (Å²) in [4.78, 5) is 14.2. The number of nitrogens with two attached hydrogens (primary N) is 1. The number of aliphatic hydroxyl groups is 1.